The molecule has 1 heterocycles. The summed E-state index contributed by atoms with van der Waals surface area (Å²) in [5.41, 5.74) is 5.45. The van der Waals surface area contributed by atoms with E-state index in [1.807, 2.05) is 4.90 Å². The molecule has 0 saturated carbocycles. The number of rotatable bonds is 4. The number of carbonyl (C=O) groups is 1. The van der Waals surface area contributed by atoms with Gasteiger partial charge in [-0.3, -0.25) is 21.3 Å². The molecule has 14 heavy (non-hydrogen) atoms. The number of nitrogens with one attached hydrogen (secondary N) is 4. The predicted molar refractivity (Wildman–Crippen MR) is 48.0 cm³/mol. The van der Waals surface area contributed by atoms with E-state index < -0.39 is 6.29 Å². The van der Waals surface area contributed by atoms with E-state index in [4.69, 9.17) is 11.0 Å². The highest BCUT2D eigenvalue weighted by molar-refractivity contribution is 5.74. The Kier molecular flexibility index (Phi) is 3.93. The summed E-state index contributed by atoms with van der Waals surface area (Å²) in [7, 11) is 0. The minimum absolute atomic E-state index is 0.180. The van der Waals surface area contributed by atoms with E-state index in [-0.39, 0.29) is 6.03 Å². The van der Waals surface area contributed by atoms with E-state index in [1.165, 1.54) is 0 Å². The van der Waals surface area contributed by atoms with Crippen LogP contribution in [0.25, 0.3) is 0 Å². The molecular formula is C6H13N7O. The van der Waals surface area contributed by atoms with Gasteiger partial charge in [0, 0.05) is 0 Å². The molecule has 1 rings (SSSR count). The minimum atomic E-state index is -0.572. The molecule has 2 amide bonds. The lowest BCUT2D eigenvalue weighted by atomic mass is 10.6. The Hall–Kier alpha value is -1.56. The number of urea groups is 1. The Balaban J connectivity index is 2.13. The van der Waals surface area contributed by atoms with Gasteiger partial charge in [0.05, 0.1) is 20.0 Å². The zero-order chi connectivity index (χ0) is 10.4. The summed E-state index contributed by atoms with van der Waals surface area (Å²) < 4.78 is 0. The van der Waals surface area contributed by atoms with Gasteiger partial charge in [-0.2, -0.15) is 5.26 Å². The van der Waals surface area contributed by atoms with Gasteiger partial charge in [0.25, 0.3) is 0 Å². The highest BCUT2D eigenvalue weighted by Crippen LogP contribution is 1.85. The van der Waals surface area contributed by atoms with Gasteiger partial charge in [0.1, 0.15) is 6.29 Å². The van der Waals surface area contributed by atoms with E-state index in [1.54, 1.807) is 6.19 Å². The maximum absolute atomic E-state index is 10.7. The van der Waals surface area contributed by atoms with Gasteiger partial charge in [-0.25, -0.2) is 4.79 Å². The predicted octanol–water partition coefficient (Wildman–Crippen LogP) is -2.62. The van der Waals surface area contributed by atoms with Crippen molar-refractivity contribution in [3.63, 3.8) is 0 Å². The molecule has 1 aliphatic heterocycles. The number of nitrogens with zero attached hydrogens (tertiary/aromatic N) is 2. The Bertz CT molecular complexity index is 227. The van der Waals surface area contributed by atoms with E-state index >= 15 is 0 Å². The first-order valence-electron chi connectivity index (χ1n) is 4.10. The van der Waals surface area contributed by atoms with Crippen molar-refractivity contribution < 1.29 is 4.79 Å². The summed E-state index contributed by atoms with van der Waals surface area (Å²) >= 11 is 0. The van der Waals surface area contributed by atoms with Gasteiger partial charge in [-0.1, -0.05) is 0 Å². The van der Waals surface area contributed by atoms with Crippen molar-refractivity contribution in [3.05, 3.63) is 0 Å². The van der Waals surface area contributed by atoms with E-state index in [0.717, 1.165) is 0 Å². The van der Waals surface area contributed by atoms with Crippen molar-refractivity contribution in [2.45, 2.75) is 6.29 Å². The van der Waals surface area contributed by atoms with Crippen molar-refractivity contribution in [1.29, 1.82) is 5.26 Å². The van der Waals surface area contributed by atoms with Crippen molar-refractivity contribution in [1.82, 2.24) is 26.2 Å². The molecule has 1 saturated heterocycles. The highest BCUT2D eigenvalue weighted by atomic mass is 16.2. The average Bonchev–Trinajstić information content (AvgIpc) is 2.17. The molecule has 0 aromatic rings. The molecule has 0 aliphatic carbocycles. The van der Waals surface area contributed by atoms with Crippen LogP contribution in [0.1, 0.15) is 0 Å². The third kappa shape index (κ3) is 3.44. The summed E-state index contributed by atoms with van der Waals surface area (Å²) in [5, 5.41) is 18.6. The van der Waals surface area contributed by atoms with Crippen LogP contribution in [0.2, 0.25) is 0 Å². The second kappa shape index (κ2) is 5.23. The van der Waals surface area contributed by atoms with Crippen LogP contribution < -0.4 is 27.0 Å². The monoisotopic (exact) mass is 199 g/mol. The molecule has 0 spiro atoms. The molecule has 0 bridgehead atoms. The SMILES string of the molecule is N#CNC(N)NCN1CNC(=O)NC1. The average molecular weight is 199 g/mol. The summed E-state index contributed by atoms with van der Waals surface area (Å²) in [5.74, 6) is 0. The van der Waals surface area contributed by atoms with Crippen LogP contribution in [0.4, 0.5) is 4.79 Å². The molecule has 8 nitrogen and oxygen atoms in total. The first kappa shape index (κ1) is 10.5. The number of nitriles is 1. The zero-order valence-electron chi connectivity index (χ0n) is 7.58. The molecule has 78 valence electrons. The minimum Gasteiger partial charge on any atom is -0.325 e. The summed E-state index contributed by atoms with van der Waals surface area (Å²) in [4.78, 5) is 12.6. The molecule has 1 fully saturated rings. The van der Waals surface area contributed by atoms with Crippen molar-refractivity contribution in [2.75, 3.05) is 20.0 Å². The molecule has 6 N–H and O–H groups in total. The van der Waals surface area contributed by atoms with Gasteiger partial charge in [0.2, 0.25) is 0 Å². The van der Waals surface area contributed by atoms with E-state index in [2.05, 4.69) is 21.3 Å². The lowest BCUT2D eigenvalue weighted by Crippen LogP contribution is -2.59. The summed E-state index contributed by atoms with van der Waals surface area (Å²) in [6.07, 6.45) is 1.15. The molecule has 1 unspecified atom stereocenters. The van der Waals surface area contributed by atoms with Crippen molar-refractivity contribution in [2.24, 2.45) is 5.73 Å². The molecule has 0 radical (unpaired) electrons. The normalized spacial score (nSPS) is 19.0. The smallest absolute Gasteiger partial charge is 0.316 e. The van der Waals surface area contributed by atoms with Gasteiger partial charge in [-0.15, -0.1) is 0 Å². The Labute approximate surface area is 81.4 Å². The van der Waals surface area contributed by atoms with Crippen LogP contribution in [0.3, 0.4) is 0 Å². The lowest BCUT2D eigenvalue weighted by molar-refractivity contribution is 0.169. The Morgan fingerprint density at radius 3 is 2.86 bits per heavy atom. The fourth-order valence-electron chi connectivity index (χ4n) is 0.945. The molecule has 8 heteroatoms. The summed E-state index contributed by atoms with van der Waals surface area (Å²) in [6.45, 7) is 1.39. The zero-order valence-corrected chi connectivity index (χ0v) is 7.58. The van der Waals surface area contributed by atoms with Crippen LogP contribution in [0, 0.1) is 11.5 Å². The third-order valence-electron chi connectivity index (χ3n) is 1.68. The van der Waals surface area contributed by atoms with Gasteiger partial charge in [-0.05, 0) is 0 Å². The molecule has 0 aromatic carbocycles. The molecular weight excluding hydrogens is 186 g/mol. The van der Waals surface area contributed by atoms with E-state index in [9.17, 15) is 4.79 Å². The first-order chi connectivity index (χ1) is 6.72. The van der Waals surface area contributed by atoms with Crippen LogP contribution in [0.15, 0.2) is 0 Å². The third-order valence-corrected chi connectivity index (χ3v) is 1.68. The second-order valence-corrected chi connectivity index (χ2v) is 2.77. The van der Waals surface area contributed by atoms with Gasteiger partial charge < -0.3 is 10.6 Å². The lowest BCUT2D eigenvalue weighted by Gasteiger charge is -2.28. The quantitative estimate of drug-likeness (QED) is 0.192. The fourth-order valence-corrected chi connectivity index (χ4v) is 0.945. The number of nitrogens with two attached hydrogens (primary N) is 1. The maximum atomic E-state index is 10.7. The number of carbonyl (C=O) groups excluding carboxylic acids is 1. The number of hydrogen-bond donors (Lipinski definition) is 5. The van der Waals surface area contributed by atoms with Crippen LogP contribution in [0.5, 0.6) is 0 Å². The first-order valence-corrected chi connectivity index (χ1v) is 4.10. The molecule has 0 aromatic heterocycles. The summed E-state index contributed by atoms with van der Waals surface area (Å²) in [6, 6.07) is -0.180. The van der Waals surface area contributed by atoms with Crippen LogP contribution in [-0.4, -0.2) is 37.2 Å². The van der Waals surface area contributed by atoms with Crippen LogP contribution >= 0.6 is 0 Å². The van der Waals surface area contributed by atoms with E-state index in [0.29, 0.717) is 20.0 Å². The van der Waals surface area contributed by atoms with Gasteiger partial charge in [0.15, 0.2) is 6.19 Å². The fraction of sp³-hybridized carbons (Fsp3) is 0.667. The Morgan fingerprint density at radius 1 is 1.64 bits per heavy atom. The molecule has 1 aliphatic rings. The van der Waals surface area contributed by atoms with Crippen molar-refractivity contribution >= 4 is 6.03 Å². The topological polar surface area (TPSA) is 118 Å². The highest BCUT2D eigenvalue weighted by Gasteiger charge is 2.13. The number of amides is 2. The standard InChI is InChI=1S/C6H13N7O/c7-1-9-5(8)10-2-13-3-11-6(14)12-4-13/h5,9-10H,2-4,8H2,(H2,11,12,14). The molecule has 1 atom stereocenters. The van der Waals surface area contributed by atoms with Gasteiger partial charge >= 0.3 is 6.03 Å². The van der Waals surface area contributed by atoms with Crippen LogP contribution in [-0.2, 0) is 0 Å². The largest absolute Gasteiger partial charge is 0.325 e. The Morgan fingerprint density at radius 2 is 2.29 bits per heavy atom. The maximum Gasteiger partial charge on any atom is 0.316 e. The van der Waals surface area contributed by atoms with Crippen molar-refractivity contribution in [3.8, 4) is 6.19 Å². The second-order valence-electron chi connectivity index (χ2n) is 2.77. The number of hydrogen-bond acceptors (Lipinski definition) is 6.